The molecule has 0 N–H and O–H groups in total. The lowest BCUT2D eigenvalue weighted by atomic mass is 10.0. The second-order valence-electron chi connectivity index (χ2n) is 8.15. The lowest BCUT2D eigenvalue weighted by molar-refractivity contribution is -0.0500. The first kappa shape index (κ1) is 32.7. The average molecular weight is 610 g/mol. The molecule has 39 heavy (non-hydrogen) atoms. The molecule has 2 aromatic rings. The Kier molecular flexibility index (Phi) is 12.9. The number of halogens is 4. The van der Waals surface area contributed by atoms with Crippen molar-refractivity contribution in [3.8, 4) is 5.75 Å². The standard InChI is InChI=1S/C25H31ClF3N3O5S2/c1-4-7-17-31(18-8-5-2)38-32(24(33)36-6-3)30-23(19-9-13-21(26)14-10-19)20-11-15-22(16-12-20)37-39(34,35)25(27,28)29/h9-16H,4-8,17-18H2,1-3H3. The summed E-state index contributed by atoms with van der Waals surface area (Å²) in [5, 5.41) is 5.04. The van der Waals surface area contributed by atoms with Gasteiger partial charge >= 0.3 is 21.7 Å². The van der Waals surface area contributed by atoms with Gasteiger partial charge in [-0.3, -0.25) is 0 Å². The van der Waals surface area contributed by atoms with E-state index in [4.69, 9.17) is 16.3 Å². The van der Waals surface area contributed by atoms with Gasteiger partial charge in [-0.15, -0.1) is 4.41 Å². The van der Waals surface area contributed by atoms with Crippen molar-refractivity contribution in [2.45, 2.75) is 52.0 Å². The number of carbonyl (C=O) groups excluding carboxylic acids is 1. The third-order valence-electron chi connectivity index (χ3n) is 5.06. The zero-order chi connectivity index (χ0) is 29.1. The fraction of sp³-hybridized carbons (Fsp3) is 0.440. The number of hydrazone groups is 1. The first-order valence-corrected chi connectivity index (χ1v) is 14.8. The summed E-state index contributed by atoms with van der Waals surface area (Å²) >= 11 is 7.15. The number of unbranched alkanes of at least 4 members (excludes halogenated alkanes) is 2. The molecule has 1 amide bonds. The Hall–Kier alpha value is -2.48. The number of nitrogens with zero attached hydrogens (tertiary/aromatic N) is 3. The van der Waals surface area contributed by atoms with Crippen LogP contribution in [-0.4, -0.2) is 54.1 Å². The summed E-state index contributed by atoms with van der Waals surface area (Å²) in [6.45, 7) is 7.34. The normalized spacial score (nSPS) is 12.5. The second kappa shape index (κ2) is 15.3. The highest BCUT2D eigenvalue weighted by molar-refractivity contribution is 7.95. The maximum atomic E-state index is 12.9. The Balaban J connectivity index is 2.53. The summed E-state index contributed by atoms with van der Waals surface area (Å²) in [4.78, 5) is 12.9. The molecule has 216 valence electrons. The van der Waals surface area contributed by atoms with Crippen molar-refractivity contribution in [3.63, 3.8) is 0 Å². The van der Waals surface area contributed by atoms with Gasteiger partial charge in [-0.25, -0.2) is 9.10 Å². The Morgan fingerprint density at radius 1 is 0.949 bits per heavy atom. The molecule has 0 bridgehead atoms. The third kappa shape index (κ3) is 10.2. The minimum absolute atomic E-state index is 0.116. The van der Waals surface area contributed by atoms with E-state index < -0.39 is 27.5 Å². The smallest absolute Gasteiger partial charge is 0.448 e. The number of carbonyl (C=O) groups is 1. The van der Waals surface area contributed by atoms with E-state index in [0.29, 0.717) is 29.2 Å². The van der Waals surface area contributed by atoms with Crippen molar-refractivity contribution in [3.05, 3.63) is 64.7 Å². The molecule has 0 saturated carbocycles. The van der Waals surface area contributed by atoms with Crippen LogP contribution in [0.25, 0.3) is 0 Å². The molecule has 0 unspecified atom stereocenters. The molecule has 0 fully saturated rings. The summed E-state index contributed by atoms with van der Waals surface area (Å²) < 4.78 is 73.5. The van der Waals surface area contributed by atoms with E-state index in [1.807, 2.05) is 4.31 Å². The molecular weight excluding hydrogens is 579 g/mol. The van der Waals surface area contributed by atoms with E-state index in [0.717, 1.165) is 54.4 Å². The SMILES string of the molecule is CCCCN(CCCC)SN(N=C(c1ccc(Cl)cc1)c1ccc(OS(=O)(=O)C(F)(F)F)cc1)C(=O)OCC. The van der Waals surface area contributed by atoms with Crippen LogP contribution in [0, 0.1) is 0 Å². The van der Waals surface area contributed by atoms with Crippen LogP contribution in [0.5, 0.6) is 5.75 Å². The highest BCUT2D eigenvalue weighted by atomic mass is 35.5. The number of hydrogen-bond donors (Lipinski definition) is 0. The number of hydrogen-bond acceptors (Lipinski definition) is 8. The van der Waals surface area contributed by atoms with Gasteiger partial charge in [0.05, 0.1) is 24.5 Å². The van der Waals surface area contributed by atoms with Crippen molar-refractivity contribution >= 4 is 45.7 Å². The van der Waals surface area contributed by atoms with E-state index in [-0.39, 0.29) is 12.3 Å². The minimum Gasteiger partial charge on any atom is -0.448 e. The van der Waals surface area contributed by atoms with Gasteiger partial charge in [-0.05, 0) is 56.2 Å². The maximum Gasteiger partial charge on any atom is 0.534 e. The molecule has 0 heterocycles. The molecule has 14 heteroatoms. The van der Waals surface area contributed by atoms with Crippen molar-refractivity contribution in [1.82, 2.24) is 8.72 Å². The predicted molar refractivity (Wildman–Crippen MR) is 147 cm³/mol. The molecule has 0 aliphatic rings. The van der Waals surface area contributed by atoms with E-state index in [9.17, 15) is 26.4 Å². The zero-order valence-corrected chi connectivity index (χ0v) is 24.2. The van der Waals surface area contributed by atoms with Crippen molar-refractivity contribution < 1.29 is 35.3 Å². The van der Waals surface area contributed by atoms with Crippen LogP contribution in [-0.2, 0) is 14.9 Å². The molecular formula is C25H31ClF3N3O5S2. The number of benzene rings is 2. The molecule has 8 nitrogen and oxygen atoms in total. The van der Waals surface area contributed by atoms with Crippen molar-refractivity contribution in [1.29, 1.82) is 0 Å². The fourth-order valence-electron chi connectivity index (χ4n) is 3.07. The molecule has 0 aliphatic carbocycles. The number of amides is 1. The molecule has 2 rings (SSSR count). The molecule has 0 saturated heterocycles. The van der Waals surface area contributed by atoms with Crippen LogP contribution >= 0.6 is 23.7 Å². The molecule has 2 aromatic carbocycles. The number of ether oxygens (including phenoxy) is 1. The van der Waals surface area contributed by atoms with Gasteiger partial charge in [0, 0.05) is 29.2 Å². The molecule has 0 aromatic heterocycles. The highest BCUT2D eigenvalue weighted by Gasteiger charge is 2.48. The summed E-state index contributed by atoms with van der Waals surface area (Å²) in [5.74, 6) is -0.534. The van der Waals surface area contributed by atoms with Crippen LogP contribution in [0.4, 0.5) is 18.0 Å². The largest absolute Gasteiger partial charge is 0.534 e. The molecule has 0 atom stereocenters. The summed E-state index contributed by atoms with van der Waals surface area (Å²) in [5.41, 5.74) is -4.39. The Morgan fingerprint density at radius 2 is 1.46 bits per heavy atom. The lowest BCUT2D eigenvalue weighted by Crippen LogP contribution is -2.30. The quantitative estimate of drug-likeness (QED) is 0.0733. The molecule has 0 spiro atoms. The van der Waals surface area contributed by atoms with Crippen molar-refractivity contribution in [2.75, 3.05) is 19.7 Å². The van der Waals surface area contributed by atoms with Crippen LogP contribution < -0.4 is 4.18 Å². The van der Waals surface area contributed by atoms with Gasteiger partial charge in [-0.1, -0.05) is 50.4 Å². The van der Waals surface area contributed by atoms with Gasteiger partial charge in [0.15, 0.2) is 0 Å². The van der Waals surface area contributed by atoms with E-state index in [1.54, 1.807) is 31.2 Å². The minimum atomic E-state index is -5.83. The zero-order valence-electron chi connectivity index (χ0n) is 21.8. The Bertz CT molecular complexity index is 1190. The van der Waals surface area contributed by atoms with Crippen LogP contribution in [0.2, 0.25) is 5.02 Å². The third-order valence-corrected chi connectivity index (χ3v) is 7.28. The van der Waals surface area contributed by atoms with Gasteiger partial charge in [-0.2, -0.15) is 26.7 Å². The second-order valence-corrected chi connectivity index (χ2v) is 11.2. The number of alkyl halides is 3. The Labute approximate surface area is 236 Å². The van der Waals surface area contributed by atoms with E-state index >= 15 is 0 Å². The highest BCUT2D eigenvalue weighted by Crippen LogP contribution is 2.28. The van der Waals surface area contributed by atoms with Gasteiger partial charge in [0.2, 0.25) is 0 Å². The van der Waals surface area contributed by atoms with E-state index in [2.05, 4.69) is 23.1 Å². The van der Waals surface area contributed by atoms with Crippen molar-refractivity contribution in [2.24, 2.45) is 5.10 Å². The summed E-state index contributed by atoms with van der Waals surface area (Å²) in [7, 11) is -5.83. The predicted octanol–water partition coefficient (Wildman–Crippen LogP) is 7.24. The van der Waals surface area contributed by atoms with E-state index in [1.165, 1.54) is 12.1 Å². The summed E-state index contributed by atoms with van der Waals surface area (Å²) in [6, 6.07) is 11.4. The lowest BCUT2D eigenvalue weighted by Gasteiger charge is -2.25. The fourth-order valence-corrected chi connectivity index (χ4v) is 4.53. The molecule has 0 radical (unpaired) electrons. The van der Waals surface area contributed by atoms with Crippen LogP contribution in [0.15, 0.2) is 53.6 Å². The Morgan fingerprint density at radius 3 is 1.92 bits per heavy atom. The maximum absolute atomic E-state index is 12.9. The van der Waals surface area contributed by atoms with Gasteiger partial charge in [0.1, 0.15) is 5.75 Å². The topological polar surface area (TPSA) is 88.5 Å². The molecule has 0 aliphatic heterocycles. The van der Waals surface area contributed by atoms with Gasteiger partial charge < -0.3 is 8.92 Å². The first-order valence-electron chi connectivity index (χ1n) is 12.3. The monoisotopic (exact) mass is 609 g/mol. The summed E-state index contributed by atoms with van der Waals surface area (Å²) in [6.07, 6.45) is 3.02. The first-order chi connectivity index (χ1) is 18.4. The van der Waals surface area contributed by atoms with Gasteiger partial charge in [0.25, 0.3) is 0 Å². The average Bonchev–Trinajstić information content (AvgIpc) is 2.88. The van der Waals surface area contributed by atoms with Crippen LogP contribution in [0.1, 0.15) is 57.6 Å². The van der Waals surface area contributed by atoms with Crippen LogP contribution in [0.3, 0.4) is 0 Å². The number of rotatable bonds is 14.